The summed E-state index contributed by atoms with van der Waals surface area (Å²) in [5.41, 5.74) is 0.531. The maximum absolute atomic E-state index is 12.0. The van der Waals surface area contributed by atoms with E-state index in [0.29, 0.717) is 24.7 Å². The first-order valence-corrected chi connectivity index (χ1v) is 8.81. The van der Waals surface area contributed by atoms with Crippen LogP contribution in [-0.4, -0.2) is 42.6 Å². The Kier molecular flexibility index (Phi) is 10.3. The predicted molar refractivity (Wildman–Crippen MR) is 112 cm³/mol. The van der Waals surface area contributed by atoms with Crippen molar-refractivity contribution in [1.82, 2.24) is 16.0 Å². The predicted octanol–water partition coefficient (Wildman–Crippen LogP) is 2.63. The van der Waals surface area contributed by atoms with Crippen LogP contribution in [0.5, 0.6) is 5.75 Å². The zero-order valence-electron chi connectivity index (χ0n) is 14.8. The normalized spacial score (nSPS) is 15.2. The van der Waals surface area contributed by atoms with E-state index in [4.69, 9.17) is 0 Å². The van der Waals surface area contributed by atoms with Gasteiger partial charge in [0, 0.05) is 24.7 Å². The molecule has 2 rings (SSSR count). The molecule has 0 aromatic heterocycles. The molecule has 1 saturated carbocycles. The zero-order chi connectivity index (χ0) is 17.2. The molecule has 1 fully saturated rings. The summed E-state index contributed by atoms with van der Waals surface area (Å²) in [5.74, 6) is 0.818. The number of carbonyl (C=O) groups is 1. The van der Waals surface area contributed by atoms with Gasteiger partial charge >= 0.3 is 0 Å². The highest BCUT2D eigenvalue weighted by molar-refractivity contribution is 14.0. The van der Waals surface area contributed by atoms with Gasteiger partial charge in [-0.2, -0.15) is 0 Å². The van der Waals surface area contributed by atoms with Gasteiger partial charge in [-0.25, -0.2) is 0 Å². The molecule has 0 heterocycles. The second-order valence-corrected chi connectivity index (χ2v) is 6.04. The summed E-state index contributed by atoms with van der Waals surface area (Å²) in [7, 11) is 0. The molecular weight excluding hydrogens is 431 g/mol. The van der Waals surface area contributed by atoms with Gasteiger partial charge in [0.15, 0.2) is 5.96 Å². The minimum atomic E-state index is -0.157. The van der Waals surface area contributed by atoms with Gasteiger partial charge in [0.05, 0.1) is 6.54 Å². The number of aromatic hydroxyl groups is 1. The molecule has 1 aliphatic rings. The number of phenolic OH excluding ortho intramolecular Hbond substituents is 1. The van der Waals surface area contributed by atoms with Gasteiger partial charge in [-0.15, -0.1) is 24.0 Å². The number of hydrogen-bond donors (Lipinski definition) is 4. The Morgan fingerprint density at radius 3 is 2.48 bits per heavy atom. The van der Waals surface area contributed by atoms with Gasteiger partial charge in [0.25, 0.3) is 5.91 Å². The van der Waals surface area contributed by atoms with Gasteiger partial charge in [-0.05, 0) is 44.0 Å². The van der Waals surface area contributed by atoms with E-state index in [1.807, 2.05) is 6.92 Å². The van der Waals surface area contributed by atoms with Crippen molar-refractivity contribution in [2.75, 3.05) is 19.6 Å². The van der Waals surface area contributed by atoms with E-state index in [1.165, 1.54) is 44.2 Å². The third kappa shape index (κ3) is 7.94. The highest BCUT2D eigenvalue weighted by atomic mass is 127. The van der Waals surface area contributed by atoms with Crippen molar-refractivity contribution < 1.29 is 9.90 Å². The summed E-state index contributed by atoms with van der Waals surface area (Å²) >= 11 is 0. The van der Waals surface area contributed by atoms with E-state index < -0.39 is 0 Å². The van der Waals surface area contributed by atoms with Gasteiger partial charge in [-0.3, -0.25) is 9.79 Å². The first-order chi connectivity index (χ1) is 11.7. The van der Waals surface area contributed by atoms with Gasteiger partial charge < -0.3 is 21.1 Å². The van der Waals surface area contributed by atoms with Crippen molar-refractivity contribution in [3.63, 3.8) is 0 Å². The molecule has 0 unspecified atom stereocenters. The monoisotopic (exact) mass is 460 g/mol. The van der Waals surface area contributed by atoms with E-state index >= 15 is 0 Å². The summed E-state index contributed by atoms with van der Waals surface area (Å²) in [6, 6.07) is 6.71. The average molecular weight is 460 g/mol. The van der Waals surface area contributed by atoms with E-state index in [9.17, 15) is 9.90 Å². The fraction of sp³-hybridized carbons (Fsp3) is 0.556. The summed E-state index contributed by atoms with van der Waals surface area (Å²) in [6.07, 6.45) is 6.28. The van der Waals surface area contributed by atoms with Crippen LogP contribution in [0.2, 0.25) is 0 Å². The first-order valence-electron chi connectivity index (χ1n) is 8.81. The Labute approximate surface area is 166 Å². The summed E-state index contributed by atoms with van der Waals surface area (Å²) in [4.78, 5) is 16.5. The molecule has 0 saturated heterocycles. The van der Waals surface area contributed by atoms with Crippen LogP contribution in [0.1, 0.15) is 49.4 Å². The minimum absolute atomic E-state index is 0. The maximum atomic E-state index is 12.0. The van der Waals surface area contributed by atoms with E-state index in [-0.39, 0.29) is 35.6 Å². The Balaban J connectivity index is 0.00000312. The molecule has 0 radical (unpaired) electrons. The number of nitrogens with zero attached hydrogens (tertiary/aromatic N) is 1. The van der Waals surface area contributed by atoms with Crippen molar-refractivity contribution in [3.8, 4) is 5.75 Å². The van der Waals surface area contributed by atoms with Crippen molar-refractivity contribution >= 4 is 35.8 Å². The Hall–Kier alpha value is -1.51. The number of aliphatic imine (C=N–C) groups is 1. The van der Waals surface area contributed by atoms with Crippen LogP contribution in [0.4, 0.5) is 0 Å². The number of phenols is 1. The van der Waals surface area contributed by atoms with Crippen molar-refractivity contribution in [1.29, 1.82) is 0 Å². The van der Waals surface area contributed by atoms with Crippen LogP contribution in [0.25, 0.3) is 0 Å². The maximum Gasteiger partial charge on any atom is 0.251 e. The highest BCUT2D eigenvalue weighted by Gasteiger charge is 2.14. The Morgan fingerprint density at radius 2 is 1.84 bits per heavy atom. The molecule has 7 heteroatoms. The molecule has 25 heavy (non-hydrogen) atoms. The lowest BCUT2D eigenvalue weighted by Crippen LogP contribution is -2.44. The standard InChI is InChI=1S/C18H28N4O2.HI/c1-2-19-18(22-15-6-4-3-5-7-15)21-13-12-20-17(24)14-8-10-16(23)11-9-14;/h8-11,15,23H,2-7,12-13H2,1H3,(H,20,24)(H2,19,21,22);1H. The Morgan fingerprint density at radius 1 is 1.16 bits per heavy atom. The molecule has 4 N–H and O–H groups in total. The van der Waals surface area contributed by atoms with Crippen molar-refractivity contribution in [3.05, 3.63) is 29.8 Å². The summed E-state index contributed by atoms with van der Waals surface area (Å²) in [5, 5.41) is 18.8. The fourth-order valence-electron chi connectivity index (χ4n) is 2.81. The minimum Gasteiger partial charge on any atom is -0.508 e. The molecule has 1 amide bonds. The number of guanidine groups is 1. The molecule has 0 atom stereocenters. The van der Waals surface area contributed by atoms with E-state index in [0.717, 1.165) is 12.5 Å². The molecule has 6 nitrogen and oxygen atoms in total. The Bertz CT molecular complexity index is 543. The second-order valence-electron chi connectivity index (χ2n) is 6.04. The number of benzene rings is 1. The SMILES string of the molecule is CCNC(=NCCNC(=O)c1ccc(O)cc1)NC1CCCCC1.I. The molecule has 1 aliphatic carbocycles. The topological polar surface area (TPSA) is 85.8 Å². The third-order valence-corrected chi connectivity index (χ3v) is 4.09. The van der Waals surface area contributed by atoms with Crippen LogP contribution in [0.15, 0.2) is 29.3 Å². The van der Waals surface area contributed by atoms with E-state index in [1.54, 1.807) is 12.1 Å². The van der Waals surface area contributed by atoms with Crippen LogP contribution < -0.4 is 16.0 Å². The largest absolute Gasteiger partial charge is 0.508 e. The van der Waals surface area contributed by atoms with Crippen LogP contribution >= 0.6 is 24.0 Å². The average Bonchev–Trinajstić information content (AvgIpc) is 2.60. The van der Waals surface area contributed by atoms with Gasteiger partial charge in [0.1, 0.15) is 5.75 Å². The third-order valence-electron chi connectivity index (χ3n) is 4.09. The summed E-state index contributed by atoms with van der Waals surface area (Å²) < 4.78 is 0. The van der Waals surface area contributed by atoms with Gasteiger partial charge in [-0.1, -0.05) is 19.3 Å². The molecule has 0 bridgehead atoms. The number of carbonyl (C=O) groups excluding carboxylic acids is 1. The molecular formula is C18H29IN4O2. The second kappa shape index (κ2) is 11.9. The number of rotatable bonds is 6. The van der Waals surface area contributed by atoms with Gasteiger partial charge in [0.2, 0.25) is 0 Å². The molecule has 140 valence electrons. The lowest BCUT2D eigenvalue weighted by atomic mass is 9.96. The lowest BCUT2D eigenvalue weighted by Gasteiger charge is -2.24. The molecule has 1 aromatic carbocycles. The van der Waals surface area contributed by atoms with Crippen LogP contribution in [-0.2, 0) is 0 Å². The number of nitrogens with one attached hydrogen (secondary N) is 3. The molecule has 0 spiro atoms. The molecule has 0 aliphatic heterocycles. The smallest absolute Gasteiger partial charge is 0.251 e. The fourth-order valence-corrected chi connectivity index (χ4v) is 2.81. The van der Waals surface area contributed by atoms with Crippen LogP contribution in [0, 0.1) is 0 Å². The number of amides is 1. The number of hydrogen-bond acceptors (Lipinski definition) is 3. The van der Waals surface area contributed by atoms with E-state index in [2.05, 4.69) is 20.9 Å². The first kappa shape index (κ1) is 21.5. The van der Waals surface area contributed by atoms with Crippen molar-refractivity contribution in [2.24, 2.45) is 4.99 Å². The number of halogens is 1. The van der Waals surface area contributed by atoms with Crippen molar-refractivity contribution in [2.45, 2.75) is 45.1 Å². The highest BCUT2D eigenvalue weighted by Crippen LogP contribution is 2.17. The molecule has 1 aromatic rings. The van der Waals surface area contributed by atoms with Crippen LogP contribution in [0.3, 0.4) is 0 Å². The lowest BCUT2D eigenvalue weighted by molar-refractivity contribution is 0.0955. The zero-order valence-corrected chi connectivity index (χ0v) is 17.1. The summed E-state index contributed by atoms with van der Waals surface area (Å²) in [6.45, 7) is 3.86. The quantitative estimate of drug-likeness (QED) is 0.228.